The van der Waals surface area contributed by atoms with Gasteiger partial charge in [0.15, 0.2) is 5.16 Å². The fraction of sp³-hybridized carbons (Fsp3) is 0.333. The van der Waals surface area contributed by atoms with Crippen molar-refractivity contribution in [3.63, 3.8) is 0 Å². The van der Waals surface area contributed by atoms with Crippen LogP contribution in [0, 0.1) is 5.92 Å². The van der Waals surface area contributed by atoms with Gasteiger partial charge < -0.3 is 19.8 Å². The van der Waals surface area contributed by atoms with Gasteiger partial charge in [0.05, 0.1) is 37.0 Å². The third-order valence-corrected chi connectivity index (χ3v) is 5.77. The van der Waals surface area contributed by atoms with Crippen LogP contribution in [0.5, 0.6) is 11.5 Å². The van der Waals surface area contributed by atoms with E-state index >= 15 is 0 Å². The molecule has 4 rings (SSSR count). The van der Waals surface area contributed by atoms with E-state index in [2.05, 4.69) is 15.3 Å². The quantitative estimate of drug-likeness (QED) is 0.563. The predicted molar refractivity (Wildman–Crippen MR) is 110 cm³/mol. The summed E-state index contributed by atoms with van der Waals surface area (Å²) in [4.78, 5) is 20.3. The topological polar surface area (TPSA) is 76.2 Å². The lowest BCUT2D eigenvalue weighted by molar-refractivity contribution is -0.119. The highest BCUT2D eigenvalue weighted by molar-refractivity contribution is 7.99. The fourth-order valence-corrected chi connectivity index (χ4v) is 3.92. The third kappa shape index (κ3) is 4.25. The van der Waals surface area contributed by atoms with E-state index in [1.807, 2.05) is 42.5 Å². The maximum Gasteiger partial charge on any atom is 0.230 e. The molecule has 1 fully saturated rings. The lowest BCUT2D eigenvalue weighted by atomic mass is 10.0. The number of imidazole rings is 1. The molecule has 1 atom stereocenters. The van der Waals surface area contributed by atoms with Crippen LogP contribution < -0.4 is 14.8 Å². The average Bonchev–Trinajstić information content (AvgIpc) is 3.49. The highest BCUT2D eigenvalue weighted by Crippen LogP contribution is 2.41. The minimum absolute atomic E-state index is 0.00996. The number of carbonyl (C=O) groups is 1. The number of benzene rings is 2. The SMILES string of the molecule is COc1ccc(C(NC(=O)CSc2nc3ccc(OC)cc3[nH]2)C2CC2)cc1. The van der Waals surface area contributed by atoms with Crippen LogP contribution in [0.25, 0.3) is 11.0 Å². The number of nitrogens with zero attached hydrogens (tertiary/aromatic N) is 1. The van der Waals surface area contributed by atoms with E-state index in [0.717, 1.165) is 46.1 Å². The molecule has 0 bridgehead atoms. The zero-order chi connectivity index (χ0) is 19.5. The van der Waals surface area contributed by atoms with Crippen LogP contribution in [0.3, 0.4) is 0 Å². The number of hydrogen-bond donors (Lipinski definition) is 2. The summed E-state index contributed by atoms with van der Waals surface area (Å²) in [6.45, 7) is 0. The number of nitrogens with one attached hydrogen (secondary N) is 2. The van der Waals surface area contributed by atoms with Gasteiger partial charge in [-0.05, 0) is 48.6 Å². The van der Waals surface area contributed by atoms with Gasteiger partial charge in [0.1, 0.15) is 11.5 Å². The van der Waals surface area contributed by atoms with Crippen LogP contribution in [-0.4, -0.2) is 35.8 Å². The first-order chi connectivity index (χ1) is 13.7. The van der Waals surface area contributed by atoms with Crippen molar-refractivity contribution in [2.75, 3.05) is 20.0 Å². The van der Waals surface area contributed by atoms with Gasteiger partial charge in [0.25, 0.3) is 0 Å². The molecule has 0 radical (unpaired) electrons. The predicted octanol–water partition coefficient (Wildman–Crippen LogP) is 3.94. The monoisotopic (exact) mass is 397 g/mol. The van der Waals surface area contributed by atoms with Crippen molar-refractivity contribution in [2.45, 2.75) is 24.0 Å². The van der Waals surface area contributed by atoms with E-state index in [9.17, 15) is 4.79 Å². The molecular weight excluding hydrogens is 374 g/mol. The molecule has 0 spiro atoms. The third-order valence-electron chi connectivity index (χ3n) is 4.89. The lowest BCUT2D eigenvalue weighted by Gasteiger charge is -2.19. The summed E-state index contributed by atoms with van der Waals surface area (Å²) in [5.74, 6) is 2.44. The van der Waals surface area contributed by atoms with Crippen molar-refractivity contribution in [1.29, 1.82) is 0 Å². The first-order valence-corrected chi connectivity index (χ1v) is 10.2. The number of methoxy groups -OCH3 is 2. The Bertz CT molecular complexity index is 967. The second-order valence-corrected chi connectivity index (χ2v) is 7.83. The molecule has 1 amide bonds. The van der Waals surface area contributed by atoms with E-state index < -0.39 is 0 Å². The Labute approximate surface area is 168 Å². The van der Waals surface area contributed by atoms with Gasteiger partial charge in [-0.1, -0.05) is 23.9 Å². The smallest absolute Gasteiger partial charge is 0.230 e. The number of aromatic nitrogens is 2. The maximum atomic E-state index is 12.6. The Morgan fingerprint density at radius 3 is 2.57 bits per heavy atom. The molecule has 0 aliphatic heterocycles. The molecule has 1 unspecified atom stereocenters. The Morgan fingerprint density at radius 1 is 1.18 bits per heavy atom. The number of rotatable bonds is 8. The van der Waals surface area contributed by atoms with Crippen molar-refractivity contribution in [1.82, 2.24) is 15.3 Å². The molecule has 2 aromatic carbocycles. The summed E-state index contributed by atoms with van der Waals surface area (Å²) < 4.78 is 10.5. The molecule has 1 heterocycles. The summed E-state index contributed by atoms with van der Waals surface area (Å²) in [6, 6.07) is 13.7. The van der Waals surface area contributed by atoms with E-state index in [0.29, 0.717) is 11.7 Å². The summed E-state index contributed by atoms with van der Waals surface area (Å²) in [7, 11) is 3.29. The molecule has 1 aliphatic carbocycles. The minimum atomic E-state index is 0.00996. The summed E-state index contributed by atoms with van der Waals surface area (Å²) >= 11 is 1.40. The van der Waals surface area contributed by atoms with E-state index in [1.165, 1.54) is 11.8 Å². The molecule has 146 valence electrons. The highest BCUT2D eigenvalue weighted by atomic mass is 32.2. The zero-order valence-electron chi connectivity index (χ0n) is 15.9. The van der Waals surface area contributed by atoms with Crippen molar-refractivity contribution in [3.05, 3.63) is 48.0 Å². The summed E-state index contributed by atoms with van der Waals surface area (Å²) in [6.07, 6.45) is 2.30. The van der Waals surface area contributed by atoms with Gasteiger partial charge in [-0.15, -0.1) is 0 Å². The van der Waals surface area contributed by atoms with Gasteiger partial charge in [-0.25, -0.2) is 4.98 Å². The fourth-order valence-electron chi connectivity index (χ4n) is 3.22. The first kappa shape index (κ1) is 18.7. The molecule has 7 heteroatoms. The van der Waals surface area contributed by atoms with E-state index in [4.69, 9.17) is 9.47 Å². The zero-order valence-corrected chi connectivity index (χ0v) is 16.7. The van der Waals surface area contributed by atoms with Crippen molar-refractivity contribution in [3.8, 4) is 11.5 Å². The number of hydrogen-bond acceptors (Lipinski definition) is 5. The Morgan fingerprint density at radius 2 is 1.89 bits per heavy atom. The molecule has 2 N–H and O–H groups in total. The molecule has 1 saturated carbocycles. The second kappa shape index (κ2) is 8.14. The number of thioether (sulfide) groups is 1. The molecule has 3 aromatic rings. The van der Waals surface area contributed by atoms with Gasteiger partial charge >= 0.3 is 0 Å². The maximum absolute atomic E-state index is 12.6. The van der Waals surface area contributed by atoms with E-state index in [1.54, 1.807) is 14.2 Å². The van der Waals surface area contributed by atoms with Crippen LogP contribution in [0.1, 0.15) is 24.4 Å². The molecule has 28 heavy (non-hydrogen) atoms. The Balaban J connectivity index is 1.38. The lowest BCUT2D eigenvalue weighted by Crippen LogP contribution is -2.31. The number of fused-ring (bicyclic) bond motifs is 1. The van der Waals surface area contributed by atoms with Gasteiger partial charge in [-0.2, -0.15) is 0 Å². The number of amides is 1. The van der Waals surface area contributed by atoms with Gasteiger partial charge in [0.2, 0.25) is 5.91 Å². The number of carbonyl (C=O) groups excluding carboxylic acids is 1. The molecule has 1 aromatic heterocycles. The minimum Gasteiger partial charge on any atom is -0.497 e. The van der Waals surface area contributed by atoms with Crippen LogP contribution in [0.2, 0.25) is 0 Å². The van der Waals surface area contributed by atoms with Gasteiger partial charge in [-0.3, -0.25) is 4.79 Å². The highest BCUT2D eigenvalue weighted by Gasteiger charge is 2.33. The van der Waals surface area contributed by atoms with Crippen LogP contribution >= 0.6 is 11.8 Å². The molecular formula is C21H23N3O3S. The van der Waals surface area contributed by atoms with Gasteiger partial charge in [0, 0.05) is 6.07 Å². The normalized spacial score (nSPS) is 14.6. The molecule has 0 saturated heterocycles. The van der Waals surface area contributed by atoms with Crippen LogP contribution in [0.15, 0.2) is 47.6 Å². The Kier molecular flexibility index (Phi) is 5.43. The standard InChI is InChI=1S/C21H23N3O3S/c1-26-15-7-5-14(6-8-15)20(13-3-4-13)24-19(25)12-28-21-22-17-10-9-16(27-2)11-18(17)23-21/h5-11,13,20H,3-4,12H2,1-2H3,(H,22,23)(H,24,25). The number of aromatic amines is 1. The van der Waals surface area contributed by atoms with Crippen LogP contribution in [-0.2, 0) is 4.79 Å². The summed E-state index contributed by atoms with van der Waals surface area (Å²) in [5, 5.41) is 3.92. The molecule has 6 nitrogen and oxygen atoms in total. The largest absolute Gasteiger partial charge is 0.497 e. The number of H-pyrrole nitrogens is 1. The van der Waals surface area contributed by atoms with Crippen LogP contribution in [0.4, 0.5) is 0 Å². The second-order valence-electron chi connectivity index (χ2n) is 6.87. The average molecular weight is 398 g/mol. The number of ether oxygens (including phenoxy) is 2. The Hall–Kier alpha value is -2.67. The van der Waals surface area contributed by atoms with Crippen molar-refractivity contribution < 1.29 is 14.3 Å². The molecule has 1 aliphatic rings. The first-order valence-electron chi connectivity index (χ1n) is 9.26. The summed E-state index contributed by atoms with van der Waals surface area (Å²) in [5.41, 5.74) is 2.88. The van der Waals surface area contributed by atoms with Crippen molar-refractivity contribution >= 4 is 28.7 Å². The van der Waals surface area contributed by atoms with E-state index in [-0.39, 0.29) is 11.9 Å². The van der Waals surface area contributed by atoms with Crippen molar-refractivity contribution in [2.24, 2.45) is 5.92 Å².